The molecule has 2 rings (SSSR count). The third-order valence-electron chi connectivity index (χ3n) is 2.62. The quantitative estimate of drug-likeness (QED) is 0.905. The molecule has 0 spiro atoms. The van der Waals surface area contributed by atoms with Crippen LogP contribution in [0.5, 0.6) is 5.75 Å². The molecule has 3 nitrogen and oxygen atoms in total. The van der Waals surface area contributed by atoms with Gasteiger partial charge in [0.2, 0.25) is 0 Å². The van der Waals surface area contributed by atoms with Gasteiger partial charge in [0, 0.05) is 11.0 Å². The lowest BCUT2D eigenvalue weighted by molar-refractivity contribution is 0.167. The topological polar surface area (TPSA) is 45.0 Å². The third kappa shape index (κ3) is 2.75. The van der Waals surface area contributed by atoms with Gasteiger partial charge in [0.25, 0.3) is 0 Å². The summed E-state index contributed by atoms with van der Waals surface area (Å²) < 4.78 is 6.62. The van der Waals surface area contributed by atoms with Crippen LogP contribution in [0, 0.1) is 11.3 Å². The van der Waals surface area contributed by atoms with E-state index in [1.807, 2.05) is 12.1 Å². The van der Waals surface area contributed by atoms with Gasteiger partial charge in [-0.1, -0.05) is 0 Å². The SMILES string of the molecule is N#Cc1ccc(OC2CCCNC2)cc1Br. The van der Waals surface area contributed by atoms with Gasteiger partial charge in [-0.3, -0.25) is 0 Å². The Morgan fingerprint density at radius 2 is 2.38 bits per heavy atom. The number of halogens is 1. The Morgan fingerprint density at radius 3 is 3.00 bits per heavy atom. The Bertz CT molecular complexity index is 408. The fourth-order valence-corrected chi connectivity index (χ4v) is 2.22. The van der Waals surface area contributed by atoms with Crippen molar-refractivity contribution in [2.45, 2.75) is 18.9 Å². The van der Waals surface area contributed by atoms with Gasteiger partial charge < -0.3 is 10.1 Å². The van der Waals surface area contributed by atoms with Gasteiger partial charge >= 0.3 is 0 Å². The van der Waals surface area contributed by atoms with E-state index in [9.17, 15) is 0 Å². The molecule has 0 aromatic heterocycles. The summed E-state index contributed by atoms with van der Waals surface area (Å²) >= 11 is 3.35. The summed E-state index contributed by atoms with van der Waals surface area (Å²) in [4.78, 5) is 0. The molecule has 0 radical (unpaired) electrons. The summed E-state index contributed by atoms with van der Waals surface area (Å²) in [6.45, 7) is 1.98. The zero-order valence-corrected chi connectivity index (χ0v) is 10.5. The summed E-state index contributed by atoms with van der Waals surface area (Å²) in [5, 5.41) is 12.1. The van der Waals surface area contributed by atoms with Crippen LogP contribution in [-0.4, -0.2) is 19.2 Å². The first-order valence-corrected chi connectivity index (χ1v) is 6.16. The molecule has 1 N–H and O–H groups in total. The highest BCUT2D eigenvalue weighted by Gasteiger charge is 2.14. The second kappa shape index (κ2) is 5.33. The lowest BCUT2D eigenvalue weighted by atomic mass is 10.1. The number of nitrogens with one attached hydrogen (secondary N) is 1. The maximum Gasteiger partial charge on any atom is 0.121 e. The minimum Gasteiger partial charge on any atom is -0.489 e. The maximum absolute atomic E-state index is 8.80. The van der Waals surface area contributed by atoms with Gasteiger partial charge in [-0.15, -0.1) is 0 Å². The van der Waals surface area contributed by atoms with Crippen molar-refractivity contribution in [3.05, 3.63) is 28.2 Å². The van der Waals surface area contributed by atoms with Crippen molar-refractivity contribution < 1.29 is 4.74 Å². The van der Waals surface area contributed by atoms with Crippen molar-refractivity contribution in [3.63, 3.8) is 0 Å². The van der Waals surface area contributed by atoms with Gasteiger partial charge in [0.15, 0.2) is 0 Å². The van der Waals surface area contributed by atoms with Crippen molar-refractivity contribution in [3.8, 4) is 11.8 Å². The van der Waals surface area contributed by atoms with E-state index in [0.29, 0.717) is 5.56 Å². The number of nitrogens with zero attached hydrogens (tertiary/aromatic N) is 1. The fraction of sp³-hybridized carbons (Fsp3) is 0.417. The van der Waals surface area contributed by atoms with Gasteiger partial charge in [-0.2, -0.15) is 5.26 Å². The highest BCUT2D eigenvalue weighted by Crippen LogP contribution is 2.24. The Labute approximate surface area is 104 Å². The second-order valence-electron chi connectivity index (χ2n) is 3.84. The molecule has 0 saturated carbocycles. The number of nitriles is 1. The van der Waals surface area contributed by atoms with Crippen LogP contribution in [0.2, 0.25) is 0 Å². The third-order valence-corrected chi connectivity index (χ3v) is 3.27. The van der Waals surface area contributed by atoms with Crippen LogP contribution >= 0.6 is 15.9 Å². The first kappa shape index (κ1) is 11.4. The van der Waals surface area contributed by atoms with Gasteiger partial charge in [0.1, 0.15) is 17.9 Å². The van der Waals surface area contributed by atoms with E-state index in [0.717, 1.165) is 36.2 Å². The highest BCUT2D eigenvalue weighted by atomic mass is 79.9. The van der Waals surface area contributed by atoms with Gasteiger partial charge in [0.05, 0.1) is 5.56 Å². The van der Waals surface area contributed by atoms with Crippen molar-refractivity contribution >= 4 is 15.9 Å². The minimum absolute atomic E-state index is 0.244. The van der Waals surface area contributed by atoms with Crippen LogP contribution < -0.4 is 10.1 Å². The predicted octanol–water partition coefficient (Wildman–Crippen LogP) is 2.45. The number of piperidine rings is 1. The molecule has 1 aliphatic heterocycles. The van der Waals surface area contributed by atoms with Crippen molar-refractivity contribution in [2.24, 2.45) is 0 Å². The van der Waals surface area contributed by atoms with E-state index in [4.69, 9.17) is 10.00 Å². The number of hydrogen-bond donors (Lipinski definition) is 1. The largest absolute Gasteiger partial charge is 0.489 e. The monoisotopic (exact) mass is 280 g/mol. The lowest BCUT2D eigenvalue weighted by Crippen LogP contribution is -2.37. The normalized spacial score (nSPS) is 20.1. The molecule has 1 aliphatic rings. The molecule has 1 fully saturated rings. The van der Waals surface area contributed by atoms with E-state index < -0.39 is 0 Å². The van der Waals surface area contributed by atoms with Crippen LogP contribution in [0.15, 0.2) is 22.7 Å². The Balaban J connectivity index is 2.04. The summed E-state index contributed by atoms with van der Waals surface area (Å²) in [6, 6.07) is 7.58. The Kier molecular flexibility index (Phi) is 3.81. The first-order chi connectivity index (χ1) is 7.79. The number of hydrogen-bond acceptors (Lipinski definition) is 3. The average molecular weight is 281 g/mol. The standard InChI is InChI=1S/C12H13BrN2O/c13-12-6-10(4-3-9(12)7-14)16-11-2-1-5-15-8-11/h3-4,6,11,15H,1-2,5,8H2. The zero-order chi connectivity index (χ0) is 11.4. The molecule has 0 aliphatic carbocycles. The minimum atomic E-state index is 0.244. The Hall–Kier alpha value is -1.05. The van der Waals surface area contributed by atoms with E-state index in [2.05, 4.69) is 27.3 Å². The molecule has 1 heterocycles. The molecule has 1 aromatic carbocycles. The molecule has 0 bridgehead atoms. The van der Waals surface area contributed by atoms with Crippen LogP contribution in [-0.2, 0) is 0 Å². The van der Waals surface area contributed by atoms with E-state index in [1.54, 1.807) is 6.07 Å². The lowest BCUT2D eigenvalue weighted by Gasteiger charge is -2.24. The molecule has 84 valence electrons. The summed E-state index contributed by atoms with van der Waals surface area (Å²) in [5.41, 5.74) is 0.633. The number of rotatable bonds is 2. The predicted molar refractivity (Wildman–Crippen MR) is 65.4 cm³/mol. The summed E-state index contributed by atoms with van der Waals surface area (Å²) in [7, 11) is 0. The molecular weight excluding hydrogens is 268 g/mol. The molecule has 4 heteroatoms. The molecule has 16 heavy (non-hydrogen) atoms. The van der Waals surface area contributed by atoms with Crippen molar-refractivity contribution in [1.29, 1.82) is 5.26 Å². The second-order valence-corrected chi connectivity index (χ2v) is 4.69. The smallest absolute Gasteiger partial charge is 0.121 e. The Morgan fingerprint density at radius 1 is 1.50 bits per heavy atom. The summed E-state index contributed by atoms with van der Waals surface area (Å²) in [6.07, 6.45) is 2.49. The zero-order valence-electron chi connectivity index (χ0n) is 8.87. The first-order valence-electron chi connectivity index (χ1n) is 5.36. The average Bonchev–Trinajstić information content (AvgIpc) is 2.31. The van der Waals surface area contributed by atoms with Gasteiger partial charge in [-0.05, 0) is 53.5 Å². The molecule has 0 amide bonds. The van der Waals surface area contributed by atoms with E-state index in [1.165, 1.54) is 0 Å². The van der Waals surface area contributed by atoms with E-state index >= 15 is 0 Å². The highest BCUT2D eigenvalue weighted by molar-refractivity contribution is 9.10. The van der Waals surface area contributed by atoms with Crippen LogP contribution in [0.3, 0.4) is 0 Å². The van der Waals surface area contributed by atoms with E-state index in [-0.39, 0.29) is 6.10 Å². The van der Waals surface area contributed by atoms with Crippen molar-refractivity contribution in [1.82, 2.24) is 5.32 Å². The molecule has 1 unspecified atom stereocenters. The molecule has 1 atom stereocenters. The molecule has 1 saturated heterocycles. The van der Waals surface area contributed by atoms with Crippen LogP contribution in [0.25, 0.3) is 0 Å². The fourth-order valence-electron chi connectivity index (χ4n) is 1.77. The number of ether oxygens (including phenoxy) is 1. The maximum atomic E-state index is 8.80. The van der Waals surface area contributed by atoms with Crippen molar-refractivity contribution in [2.75, 3.05) is 13.1 Å². The summed E-state index contributed by atoms with van der Waals surface area (Å²) in [5.74, 6) is 0.819. The van der Waals surface area contributed by atoms with Crippen LogP contribution in [0.4, 0.5) is 0 Å². The van der Waals surface area contributed by atoms with Crippen LogP contribution in [0.1, 0.15) is 18.4 Å². The molecular formula is C12H13BrN2O. The number of benzene rings is 1. The van der Waals surface area contributed by atoms with Gasteiger partial charge in [-0.25, -0.2) is 0 Å². The molecule has 1 aromatic rings.